The number of nitrogens with zero attached hydrogens (tertiary/aromatic N) is 2. The summed E-state index contributed by atoms with van der Waals surface area (Å²) in [6, 6.07) is 4.60. The molecule has 0 fully saturated rings. The van der Waals surface area contributed by atoms with Crippen molar-refractivity contribution < 1.29 is 23.5 Å². The highest BCUT2D eigenvalue weighted by Crippen LogP contribution is 2.24. The van der Waals surface area contributed by atoms with Crippen LogP contribution >= 0.6 is 0 Å². The number of carbonyl (C=O) groups is 2. The number of aryl methyl sites for hydroxylation is 1. The van der Waals surface area contributed by atoms with Crippen LogP contribution in [0.3, 0.4) is 0 Å². The third kappa shape index (κ3) is 9.41. The molecule has 1 aliphatic rings. The second kappa shape index (κ2) is 13.0. The molecule has 1 aliphatic heterocycles. The molecule has 0 saturated carbocycles. The molecule has 34 heavy (non-hydrogen) atoms. The SMILES string of the molecule is CCOC(=O)CCc1ccc(N(CC2=C/C=C/CCCN(C)\C=C\2)C(=O)OC(C)(C)C)cc1F. The monoisotopic (exact) mass is 472 g/mol. The Balaban J connectivity index is 2.32. The van der Waals surface area contributed by atoms with Gasteiger partial charge in [-0.2, -0.15) is 0 Å². The van der Waals surface area contributed by atoms with Gasteiger partial charge in [0.25, 0.3) is 0 Å². The van der Waals surface area contributed by atoms with Gasteiger partial charge in [-0.25, -0.2) is 9.18 Å². The Labute approximate surface area is 202 Å². The normalized spacial score (nSPS) is 17.8. The molecule has 0 aliphatic carbocycles. The summed E-state index contributed by atoms with van der Waals surface area (Å²) >= 11 is 0. The lowest BCUT2D eigenvalue weighted by Crippen LogP contribution is -2.38. The number of amides is 1. The maximum Gasteiger partial charge on any atom is 0.415 e. The maximum absolute atomic E-state index is 14.9. The van der Waals surface area contributed by atoms with Crippen LogP contribution in [-0.2, 0) is 20.7 Å². The predicted molar refractivity (Wildman–Crippen MR) is 133 cm³/mol. The maximum atomic E-state index is 14.9. The Morgan fingerprint density at radius 3 is 2.68 bits per heavy atom. The van der Waals surface area contributed by atoms with Crippen molar-refractivity contribution in [2.45, 2.75) is 59.0 Å². The topological polar surface area (TPSA) is 59.1 Å². The molecular formula is C27H37FN2O4. The van der Waals surface area contributed by atoms with Gasteiger partial charge < -0.3 is 14.4 Å². The average Bonchev–Trinajstić information content (AvgIpc) is 2.75. The van der Waals surface area contributed by atoms with Gasteiger partial charge >= 0.3 is 12.1 Å². The first-order valence-corrected chi connectivity index (χ1v) is 11.8. The van der Waals surface area contributed by atoms with Crippen LogP contribution in [0.1, 0.15) is 52.5 Å². The van der Waals surface area contributed by atoms with Crippen LogP contribution in [0.4, 0.5) is 14.9 Å². The zero-order valence-corrected chi connectivity index (χ0v) is 21.0. The van der Waals surface area contributed by atoms with E-state index in [2.05, 4.69) is 11.0 Å². The van der Waals surface area contributed by atoms with E-state index in [4.69, 9.17) is 9.47 Å². The Hall–Kier alpha value is -3.09. The van der Waals surface area contributed by atoms with Crippen LogP contribution in [0.15, 0.2) is 54.3 Å². The molecule has 0 saturated heterocycles. The van der Waals surface area contributed by atoms with Crippen LogP contribution in [-0.4, -0.2) is 49.3 Å². The van der Waals surface area contributed by atoms with E-state index < -0.39 is 17.5 Å². The minimum Gasteiger partial charge on any atom is -0.466 e. The second-order valence-corrected chi connectivity index (χ2v) is 9.26. The van der Waals surface area contributed by atoms with E-state index in [1.165, 1.54) is 11.0 Å². The van der Waals surface area contributed by atoms with E-state index in [-0.39, 0.29) is 25.4 Å². The van der Waals surface area contributed by atoms with Gasteiger partial charge in [0.05, 0.1) is 18.8 Å². The van der Waals surface area contributed by atoms with E-state index in [1.54, 1.807) is 39.8 Å². The fourth-order valence-corrected chi connectivity index (χ4v) is 3.34. The lowest BCUT2D eigenvalue weighted by atomic mass is 10.1. The van der Waals surface area contributed by atoms with Crippen LogP contribution in [0.25, 0.3) is 0 Å². The quantitative estimate of drug-likeness (QED) is 0.471. The first-order chi connectivity index (χ1) is 16.1. The summed E-state index contributed by atoms with van der Waals surface area (Å²) in [5.41, 5.74) is 0.954. The van der Waals surface area contributed by atoms with Crippen molar-refractivity contribution in [3.63, 3.8) is 0 Å². The van der Waals surface area contributed by atoms with Crippen molar-refractivity contribution >= 4 is 17.7 Å². The predicted octanol–water partition coefficient (Wildman–Crippen LogP) is 5.78. The Bertz CT molecular complexity index is 931. The van der Waals surface area contributed by atoms with Crippen molar-refractivity contribution in [2.75, 3.05) is 31.6 Å². The zero-order valence-electron chi connectivity index (χ0n) is 21.0. The molecule has 1 aromatic rings. The smallest absolute Gasteiger partial charge is 0.415 e. The lowest BCUT2D eigenvalue weighted by molar-refractivity contribution is -0.143. The molecule has 6 nitrogen and oxygen atoms in total. The summed E-state index contributed by atoms with van der Waals surface area (Å²) in [4.78, 5) is 28.3. The molecule has 1 amide bonds. The average molecular weight is 473 g/mol. The molecule has 0 bridgehead atoms. The number of hydrogen-bond acceptors (Lipinski definition) is 5. The fourth-order valence-electron chi connectivity index (χ4n) is 3.34. The van der Waals surface area contributed by atoms with Gasteiger partial charge in [0.15, 0.2) is 0 Å². The van der Waals surface area contributed by atoms with Crippen LogP contribution in [0, 0.1) is 5.82 Å². The minimum atomic E-state index is -0.700. The van der Waals surface area contributed by atoms with Gasteiger partial charge in [0.2, 0.25) is 0 Å². The van der Waals surface area contributed by atoms with Gasteiger partial charge in [-0.15, -0.1) is 0 Å². The number of benzene rings is 1. The first kappa shape index (κ1) is 27.2. The molecule has 7 heteroatoms. The van der Waals surface area contributed by atoms with Gasteiger partial charge in [-0.05, 0) is 82.5 Å². The highest BCUT2D eigenvalue weighted by molar-refractivity contribution is 5.88. The molecule has 0 N–H and O–H groups in total. The molecule has 0 radical (unpaired) electrons. The Morgan fingerprint density at radius 2 is 2.00 bits per heavy atom. The minimum absolute atomic E-state index is 0.0947. The number of halogens is 1. The van der Waals surface area contributed by atoms with Gasteiger partial charge in [-0.3, -0.25) is 9.69 Å². The molecule has 0 unspecified atom stereocenters. The van der Waals surface area contributed by atoms with Gasteiger partial charge in [-0.1, -0.05) is 24.3 Å². The summed E-state index contributed by atoms with van der Waals surface area (Å²) in [6.45, 7) is 8.55. The molecule has 186 valence electrons. The van der Waals surface area contributed by atoms with E-state index in [0.29, 0.717) is 17.9 Å². The van der Waals surface area contributed by atoms with E-state index >= 15 is 0 Å². The molecule has 0 aromatic heterocycles. The molecule has 1 aromatic carbocycles. The zero-order chi connectivity index (χ0) is 25.1. The van der Waals surface area contributed by atoms with Crippen molar-refractivity contribution in [3.8, 4) is 0 Å². The number of rotatable bonds is 7. The van der Waals surface area contributed by atoms with Crippen molar-refractivity contribution in [2.24, 2.45) is 0 Å². The molecule has 2 rings (SSSR count). The first-order valence-electron chi connectivity index (χ1n) is 11.8. The van der Waals surface area contributed by atoms with Crippen molar-refractivity contribution in [3.05, 3.63) is 65.7 Å². The number of anilines is 1. The molecular weight excluding hydrogens is 435 g/mol. The molecule has 0 spiro atoms. The van der Waals surface area contributed by atoms with Crippen LogP contribution in [0.5, 0.6) is 0 Å². The largest absolute Gasteiger partial charge is 0.466 e. The second-order valence-electron chi connectivity index (χ2n) is 9.26. The highest BCUT2D eigenvalue weighted by atomic mass is 19.1. The fraction of sp³-hybridized carbons (Fsp3) is 0.481. The van der Waals surface area contributed by atoms with E-state index in [1.807, 2.05) is 31.5 Å². The number of hydrogen-bond donors (Lipinski definition) is 0. The Kier molecular flexibility index (Phi) is 10.4. The molecule has 1 heterocycles. The van der Waals surface area contributed by atoms with E-state index in [9.17, 15) is 14.0 Å². The summed E-state index contributed by atoms with van der Waals surface area (Å²) < 4.78 is 25.5. The summed E-state index contributed by atoms with van der Waals surface area (Å²) in [5, 5.41) is 0. The third-order valence-electron chi connectivity index (χ3n) is 5.08. The van der Waals surface area contributed by atoms with Gasteiger partial charge in [0.1, 0.15) is 11.4 Å². The summed E-state index contributed by atoms with van der Waals surface area (Å²) in [7, 11) is 2.01. The number of esters is 1. The van der Waals surface area contributed by atoms with Crippen LogP contribution < -0.4 is 4.90 Å². The summed E-state index contributed by atoms with van der Waals surface area (Å²) in [5.74, 6) is -0.848. The number of allylic oxidation sites excluding steroid dienone is 3. The van der Waals surface area contributed by atoms with Crippen molar-refractivity contribution in [1.82, 2.24) is 4.90 Å². The van der Waals surface area contributed by atoms with Gasteiger partial charge in [0, 0.05) is 20.0 Å². The van der Waals surface area contributed by atoms with E-state index in [0.717, 1.165) is 25.0 Å². The Morgan fingerprint density at radius 1 is 1.24 bits per heavy atom. The molecule has 0 atom stereocenters. The lowest BCUT2D eigenvalue weighted by Gasteiger charge is -2.28. The highest BCUT2D eigenvalue weighted by Gasteiger charge is 2.25. The number of ether oxygens (including phenoxy) is 2. The van der Waals surface area contributed by atoms with Crippen molar-refractivity contribution in [1.29, 1.82) is 0 Å². The standard InChI is InChI=1S/C27H37FN2O4/c1-6-33-25(31)15-13-22-12-14-23(19-24(22)28)30(26(32)34-27(2,3)4)20-21-11-9-7-8-10-17-29(5)18-16-21/h7,9,11-12,14,16,18-19H,6,8,10,13,15,17,20H2,1-5H3/b9-7+,18-16+,21-11+. The summed E-state index contributed by atoms with van der Waals surface area (Å²) in [6.07, 6.45) is 11.8. The third-order valence-corrected chi connectivity index (χ3v) is 5.08. The van der Waals surface area contributed by atoms with Crippen LogP contribution in [0.2, 0.25) is 0 Å². The number of carbonyl (C=O) groups excluding carboxylic acids is 2.